The lowest BCUT2D eigenvalue weighted by Crippen LogP contribution is -2.52. The molecule has 2 aromatic carbocycles. The maximum atomic E-state index is 13.6. The van der Waals surface area contributed by atoms with E-state index in [0.29, 0.717) is 44.2 Å². The minimum atomic E-state index is -5.32. The number of hydrogen-bond acceptors (Lipinski definition) is 8. The largest absolute Gasteiger partial charge is 0.492 e. The monoisotopic (exact) mass is 530 g/mol. The van der Waals surface area contributed by atoms with Gasteiger partial charge in [-0.3, -0.25) is 4.79 Å². The smallest absolute Gasteiger partial charge is 0.430 e. The van der Waals surface area contributed by atoms with Gasteiger partial charge in [0.25, 0.3) is 11.5 Å². The minimum Gasteiger partial charge on any atom is -0.492 e. The summed E-state index contributed by atoms with van der Waals surface area (Å²) >= 11 is 0. The molecule has 0 bridgehead atoms. The highest BCUT2D eigenvalue weighted by Gasteiger charge is 2.60. The first kappa shape index (κ1) is 27.0. The molecule has 1 aliphatic heterocycles. The molecule has 1 fully saturated rings. The molecule has 0 saturated carbocycles. The normalized spacial score (nSPS) is 15.7. The highest BCUT2D eigenvalue weighted by atomic mass is 19.4. The molecule has 2 heterocycles. The van der Waals surface area contributed by atoms with Crippen LogP contribution in [0.4, 0.5) is 30.5 Å². The van der Waals surface area contributed by atoms with E-state index in [0.717, 1.165) is 23.6 Å². The molecule has 0 radical (unpaired) electrons. The van der Waals surface area contributed by atoms with Crippen molar-refractivity contribution in [2.45, 2.75) is 25.6 Å². The van der Waals surface area contributed by atoms with Gasteiger partial charge in [-0.2, -0.15) is 13.2 Å². The van der Waals surface area contributed by atoms with Gasteiger partial charge in [-0.1, -0.05) is 24.3 Å². The summed E-state index contributed by atoms with van der Waals surface area (Å²) < 4.78 is 46.7. The maximum absolute atomic E-state index is 13.6. The van der Waals surface area contributed by atoms with Gasteiger partial charge in [0.05, 0.1) is 24.2 Å². The molecule has 5 N–H and O–H groups in total. The highest BCUT2D eigenvalue weighted by molar-refractivity contribution is 5.86. The number of carbonyl (C=O) groups is 1. The van der Waals surface area contributed by atoms with E-state index >= 15 is 0 Å². The van der Waals surface area contributed by atoms with Gasteiger partial charge in [-0.15, -0.1) is 0 Å². The molecule has 202 valence electrons. The van der Waals surface area contributed by atoms with Crippen molar-refractivity contribution in [1.29, 1.82) is 0 Å². The summed E-state index contributed by atoms with van der Waals surface area (Å²) in [4.78, 5) is 24.7. The number of alkyl halides is 3. The number of hydrogen-bond donors (Lipinski definition) is 3. The Morgan fingerprint density at radius 1 is 1.11 bits per heavy atom. The van der Waals surface area contributed by atoms with E-state index in [2.05, 4.69) is 14.9 Å². The van der Waals surface area contributed by atoms with Gasteiger partial charge >= 0.3 is 6.18 Å². The van der Waals surface area contributed by atoms with Crippen molar-refractivity contribution in [3.05, 3.63) is 59.8 Å². The zero-order chi connectivity index (χ0) is 27.7. The number of para-hydroxylation sites is 2. The molecule has 1 atom stereocenters. The Morgan fingerprint density at radius 2 is 1.76 bits per heavy atom. The first-order valence-corrected chi connectivity index (χ1v) is 12.0. The molecule has 1 unspecified atom stereocenters. The average molecular weight is 531 g/mol. The number of nitrogen functional groups attached to an aromatic ring is 1. The molecule has 38 heavy (non-hydrogen) atoms. The number of primary amides is 1. The van der Waals surface area contributed by atoms with Crippen LogP contribution in [0.5, 0.6) is 5.75 Å². The predicted octanol–water partition coefficient (Wildman–Crippen LogP) is 2.99. The lowest BCUT2D eigenvalue weighted by atomic mass is 9.89. The van der Waals surface area contributed by atoms with Crippen LogP contribution < -0.4 is 26.0 Å². The van der Waals surface area contributed by atoms with E-state index in [1.807, 2.05) is 36.1 Å². The van der Waals surface area contributed by atoms with Crippen molar-refractivity contribution in [3.8, 4) is 17.0 Å². The molecule has 1 amide bonds. The number of aliphatic hydroxyl groups is 1. The summed E-state index contributed by atoms with van der Waals surface area (Å²) in [6.07, 6.45) is -3.97. The van der Waals surface area contributed by atoms with Crippen molar-refractivity contribution in [2.24, 2.45) is 5.73 Å². The third-order valence-electron chi connectivity index (χ3n) is 6.56. The molecule has 3 aromatic rings. The van der Waals surface area contributed by atoms with Crippen molar-refractivity contribution in [3.63, 3.8) is 0 Å². The van der Waals surface area contributed by atoms with Crippen LogP contribution in [0, 0.1) is 6.92 Å². The third kappa shape index (κ3) is 4.91. The van der Waals surface area contributed by atoms with E-state index in [-0.39, 0.29) is 17.1 Å². The summed E-state index contributed by atoms with van der Waals surface area (Å²) in [5, 5.41) is 10.3. The third-order valence-corrected chi connectivity index (χ3v) is 6.56. The molecule has 1 aromatic heterocycles. The molecule has 1 saturated heterocycles. The first-order valence-electron chi connectivity index (χ1n) is 12.0. The topological polar surface area (TPSA) is 131 Å². The van der Waals surface area contributed by atoms with Gasteiger partial charge in [-0.05, 0) is 37.6 Å². The van der Waals surface area contributed by atoms with Gasteiger partial charge in [0.15, 0.2) is 11.6 Å². The second-order valence-electron chi connectivity index (χ2n) is 8.94. The number of anilines is 3. The summed E-state index contributed by atoms with van der Waals surface area (Å²) in [6.45, 7) is 6.59. The summed E-state index contributed by atoms with van der Waals surface area (Å²) in [6, 6.07) is 11.2. The average Bonchev–Trinajstić information content (AvgIpc) is 2.89. The Hall–Kier alpha value is -4.06. The molecule has 4 rings (SSSR count). The van der Waals surface area contributed by atoms with Crippen LogP contribution in [0.15, 0.2) is 48.7 Å². The van der Waals surface area contributed by atoms with Gasteiger partial charge in [0, 0.05) is 37.3 Å². The van der Waals surface area contributed by atoms with Crippen LogP contribution in [0.3, 0.4) is 0 Å². The minimum absolute atomic E-state index is 0.176. The number of nitrogens with zero attached hydrogens (tertiary/aromatic N) is 4. The van der Waals surface area contributed by atoms with Crippen molar-refractivity contribution < 1.29 is 27.8 Å². The Labute approximate surface area is 217 Å². The molecule has 0 aliphatic carbocycles. The van der Waals surface area contributed by atoms with Crippen LogP contribution in [-0.2, 0) is 10.4 Å². The Morgan fingerprint density at radius 3 is 2.39 bits per heavy atom. The second-order valence-corrected chi connectivity index (χ2v) is 8.94. The fourth-order valence-electron chi connectivity index (χ4n) is 4.47. The van der Waals surface area contributed by atoms with Crippen molar-refractivity contribution >= 4 is 23.2 Å². The highest BCUT2D eigenvalue weighted by Crippen LogP contribution is 2.40. The molecule has 9 nitrogen and oxygen atoms in total. The number of ether oxygens (including phenoxy) is 1. The number of nitrogens with two attached hydrogens (primary N) is 2. The van der Waals surface area contributed by atoms with Crippen LogP contribution in [0.25, 0.3) is 11.3 Å². The zero-order valence-corrected chi connectivity index (χ0v) is 21.0. The maximum Gasteiger partial charge on any atom is 0.430 e. The van der Waals surface area contributed by atoms with E-state index in [9.17, 15) is 23.1 Å². The number of aryl methyl sites for hydroxylation is 1. The second kappa shape index (κ2) is 10.4. The fourth-order valence-corrected chi connectivity index (χ4v) is 4.47. The van der Waals surface area contributed by atoms with Crippen LogP contribution in [0.1, 0.15) is 18.1 Å². The standard InChI is InChI=1S/C26H29F3N6O3/c1-3-38-21-7-5-4-6-20(21)34-10-12-35(13-11-34)23-22(30)32-15-19(33-23)18-14-17(9-8-16(18)2)25(37,24(31)36)26(27,28)29/h4-9,14-15,37H,3,10-13H2,1-2H3,(H2,30,32)(H2,31,36). The zero-order valence-electron chi connectivity index (χ0n) is 21.0. The van der Waals surface area contributed by atoms with Gasteiger partial charge in [0.1, 0.15) is 5.75 Å². The van der Waals surface area contributed by atoms with Crippen molar-refractivity contribution in [1.82, 2.24) is 9.97 Å². The van der Waals surface area contributed by atoms with Gasteiger partial charge in [-0.25, -0.2) is 9.97 Å². The summed E-state index contributed by atoms with van der Waals surface area (Å²) in [7, 11) is 0. The SMILES string of the molecule is CCOc1ccccc1N1CCN(c2nc(-c3cc(C(O)(C(N)=O)C(F)(F)F)ccc3C)cnc2N)CC1. The van der Waals surface area contributed by atoms with E-state index in [1.165, 1.54) is 12.3 Å². The molecule has 1 aliphatic rings. The number of piperazine rings is 1. The number of amides is 1. The molecular formula is C26H29F3N6O3. The van der Waals surface area contributed by atoms with E-state index < -0.39 is 23.2 Å². The first-order chi connectivity index (χ1) is 18.0. The summed E-state index contributed by atoms with van der Waals surface area (Å²) in [5.41, 5.74) is 8.59. The predicted molar refractivity (Wildman–Crippen MR) is 138 cm³/mol. The van der Waals surface area contributed by atoms with Crippen LogP contribution >= 0.6 is 0 Å². The lowest BCUT2D eigenvalue weighted by molar-refractivity contribution is -0.255. The summed E-state index contributed by atoms with van der Waals surface area (Å²) in [5.74, 6) is -0.553. The Bertz CT molecular complexity index is 1330. The number of carbonyl (C=O) groups excluding carboxylic acids is 1. The van der Waals surface area contributed by atoms with Gasteiger partial charge in [0.2, 0.25) is 0 Å². The van der Waals surface area contributed by atoms with E-state index in [4.69, 9.17) is 16.2 Å². The fraction of sp³-hybridized carbons (Fsp3) is 0.346. The Kier molecular flexibility index (Phi) is 7.36. The van der Waals surface area contributed by atoms with Crippen molar-refractivity contribution in [2.75, 3.05) is 48.3 Å². The molecule has 0 spiro atoms. The Balaban J connectivity index is 1.63. The quantitative estimate of drug-likeness (QED) is 0.425. The molecule has 12 heteroatoms. The number of benzene rings is 2. The van der Waals surface area contributed by atoms with E-state index in [1.54, 1.807) is 6.92 Å². The van der Waals surface area contributed by atoms with Gasteiger partial charge < -0.3 is 31.1 Å². The number of aromatic nitrogens is 2. The van der Waals surface area contributed by atoms with Crippen LogP contribution in [-0.4, -0.2) is 59.9 Å². The molecular weight excluding hydrogens is 501 g/mol. The number of halogens is 3. The van der Waals surface area contributed by atoms with Crippen LogP contribution in [0.2, 0.25) is 0 Å². The number of rotatable bonds is 7. The lowest BCUT2D eigenvalue weighted by Gasteiger charge is -2.37.